The minimum absolute atomic E-state index is 0.00502. The number of halogens is 6. The van der Waals surface area contributed by atoms with E-state index in [0.717, 1.165) is 4.57 Å². The van der Waals surface area contributed by atoms with Crippen molar-refractivity contribution in [1.29, 1.82) is 0 Å². The number of nitrogens with zero attached hydrogens (tertiary/aromatic N) is 3. The molecule has 1 heterocycles. The van der Waals surface area contributed by atoms with E-state index in [-0.39, 0.29) is 23.6 Å². The Morgan fingerprint density at radius 2 is 1.72 bits per heavy atom. The van der Waals surface area contributed by atoms with Gasteiger partial charge in [-0.1, -0.05) is 29.8 Å². The first-order valence-electron chi connectivity index (χ1n) is 5.04. The largest absolute Gasteiger partial charge is 0.461 e. The highest BCUT2D eigenvalue weighted by molar-refractivity contribution is 9.08. The lowest BCUT2D eigenvalue weighted by molar-refractivity contribution is -0.293. The van der Waals surface area contributed by atoms with Gasteiger partial charge in [-0.05, 0) is 5.92 Å². The molecule has 0 amide bonds. The van der Waals surface area contributed by atoms with E-state index in [4.69, 9.17) is 0 Å². The molecule has 0 aromatic carbocycles. The zero-order valence-electron chi connectivity index (χ0n) is 9.60. The Labute approximate surface area is 109 Å². The topological polar surface area (TPSA) is 30.7 Å². The molecular formula is C9H11BrF5N3. The van der Waals surface area contributed by atoms with Gasteiger partial charge in [0.1, 0.15) is 5.82 Å². The fraction of sp³-hybridized carbons (Fsp3) is 0.778. The molecule has 1 aromatic heterocycles. The molecule has 0 N–H and O–H groups in total. The van der Waals surface area contributed by atoms with Crippen LogP contribution in [-0.4, -0.2) is 20.9 Å². The fourth-order valence-corrected chi connectivity index (χ4v) is 1.77. The first kappa shape index (κ1) is 15.3. The van der Waals surface area contributed by atoms with Crippen molar-refractivity contribution in [2.24, 2.45) is 5.92 Å². The Hall–Kier alpha value is -0.730. The molecule has 0 atom stereocenters. The lowest BCUT2D eigenvalue weighted by Gasteiger charge is -2.20. The quantitative estimate of drug-likeness (QED) is 0.623. The highest BCUT2D eigenvalue weighted by Crippen LogP contribution is 2.43. The van der Waals surface area contributed by atoms with Crippen LogP contribution in [0.4, 0.5) is 22.0 Å². The van der Waals surface area contributed by atoms with Gasteiger partial charge in [-0.15, -0.1) is 10.2 Å². The first-order valence-corrected chi connectivity index (χ1v) is 6.16. The van der Waals surface area contributed by atoms with Crippen molar-refractivity contribution in [2.45, 2.75) is 37.8 Å². The molecule has 0 radical (unpaired) electrons. The molecule has 104 valence electrons. The Morgan fingerprint density at radius 1 is 1.17 bits per heavy atom. The van der Waals surface area contributed by atoms with E-state index < -0.39 is 17.9 Å². The molecule has 0 bridgehead atoms. The molecule has 9 heteroatoms. The van der Waals surface area contributed by atoms with Crippen molar-refractivity contribution < 1.29 is 22.0 Å². The van der Waals surface area contributed by atoms with E-state index in [1.54, 1.807) is 13.8 Å². The third kappa shape index (κ3) is 2.81. The maximum atomic E-state index is 13.3. The molecule has 0 unspecified atom stereocenters. The van der Waals surface area contributed by atoms with Gasteiger partial charge in [-0.3, -0.25) is 0 Å². The maximum Gasteiger partial charge on any atom is 0.461 e. The Kier molecular flexibility index (Phi) is 4.34. The van der Waals surface area contributed by atoms with Crippen LogP contribution in [0.1, 0.15) is 25.5 Å². The maximum absolute atomic E-state index is 13.3. The molecule has 0 aliphatic rings. The van der Waals surface area contributed by atoms with Crippen LogP contribution in [0.15, 0.2) is 0 Å². The van der Waals surface area contributed by atoms with Crippen molar-refractivity contribution in [2.75, 3.05) is 0 Å². The summed E-state index contributed by atoms with van der Waals surface area (Å²) in [5.74, 6) is -6.43. The Bertz CT molecular complexity index is 413. The van der Waals surface area contributed by atoms with Gasteiger partial charge in [-0.25, -0.2) is 0 Å². The van der Waals surface area contributed by atoms with E-state index in [2.05, 4.69) is 26.1 Å². The summed E-state index contributed by atoms with van der Waals surface area (Å²) in [4.78, 5) is 0. The molecule has 0 fully saturated rings. The van der Waals surface area contributed by atoms with E-state index in [9.17, 15) is 22.0 Å². The van der Waals surface area contributed by atoms with Crippen LogP contribution in [0.25, 0.3) is 0 Å². The number of rotatable bonds is 4. The van der Waals surface area contributed by atoms with Crippen LogP contribution in [0, 0.1) is 5.92 Å². The van der Waals surface area contributed by atoms with Gasteiger partial charge in [-0.2, -0.15) is 22.0 Å². The van der Waals surface area contributed by atoms with E-state index in [0.29, 0.717) is 0 Å². The van der Waals surface area contributed by atoms with Gasteiger partial charge in [0.05, 0.1) is 5.33 Å². The third-order valence-corrected chi connectivity index (χ3v) is 2.63. The van der Waals surface area contributed by atoms with Crippen molar-refractivity contribution in [3.05, 3.63) is 11.6 Å². The zero-order valence-corrected chi connectivity index (χ0v) is 11.2. The Morgan fingerprint density at radius 3 is 2.11 bits per heavy atom. The molecule has 1 rings (SSSR count). The summed E-state index contributed by atoms with van der Waals surface area (Å²) >= 11 is 2.98. The van der Waals surface area contributed by atoms with Gasteiger partial charge in [0, 0.05) is 6.54 Å². The lowest BCUT2D eigenvalue weighted by atomic mass is 10.2. The van der Waals surface area contributed by atoms with Crippen molar-refractivity contribution in [3.63, 3.8) is 0 Å². The number of aromatic nitrogens is 3. The van der Waals surface area contributed by atoms with Gasteiger partial charge < -0.3 is 4.57 Å². The van der Waals surface area contributed by atoms with Crippen molar-refractivity contribution in [3.8, 4) is 0 Å². The van der Waals surface area contributed by atoms with Gasteiger partial charge >= 0.3 is 12.1 Å². The summed E-state index contributed by atoms with van der Waals surface area (Å²) in [6.45, 7) is 3.40. The number of alkyl halides is 6. The van der Waals surface area contributed by atoms with E-state index in [1.165, 1.54) is 0 Å². The van der Waals surface area contributed by atoms with Crippen LogP contribution < -0.4 is 0 Å². The highest BCUT2D eigenvalue weighted by atomic mass is 79.9. The van der Waals surface area contributed by atoms with Gasteiger partial charge in [0.2, 0.25) is 5.82 Å². The number of hydrogen-bond acceptors (Lipinski definition) is 2. The van der Waals surface area contributed by atoms with Gasteiger partial charge in [0.15, 0.2) is 0 Å². The van der Waals surface area contributed by atoms with Crippen LogP contribution in [0.2, 0.25) is 0 Å². The number of hydrogen-bond donors (Lipinski definition) is 0. The first-order chi connectivity index (χ1) is 8.11. The van der Waals surface area contributed by atoms with Crippen LogP contribution >= 0.6 is 15.9 Å². The van der Waals surface area contributed by atoms with E-state index in [1.807, 2.05) is 0 Å². The summed E-state index contributed by atoms with van der Waals surface area (Å²) in [7, 11) is 0. The summed E-state index contributed by atoms with van der Waals surface area (Å²) in [6.07, 6.45) is -5.68. The average Bonchev–Trinajstić information content (AvgIpc) is 2.58. The predicted octanol–water partition coefficient (Wildman–Crippen LogP) is 3.48. The summed E-state index contributed by atoms with van der Waals surface area (Å²) < 4.78 is 64.3. The highest BCUT2D eigenvalue weighted by Gasteiger charge is 2.62. The molecule has 0 spiro atoms. The molecule has 0 aliphatic heterocycles. The molecule has 0 saturated carbocycles. The molecule has 3 nitrogen and oxygen atoms in total. The summed E-state index contributed by atoms with van der Waals surface area (Å²) in [5, 5.41) is 6.40. The molecule has 0 saturated heterocycles. The zero-order chi connectivity index (χ0) is 14.1. The van der Waals surface area contributed by atoms with Crippen LogP contribution in [0.3, 0.4) is 0 Å². The summed E-state index contributed by atoms with van der Waals surface area (Å²) in [6, 6.07) is 0. The van der Waals surface area contributed by atoms with Gasteiger partial charge in [0.25, 0.3) is 0 Å². The molecule has 0 aliphatic carbocycles. The summed E-state index contributed by atoms with van der Waals surface area (Å²) in [5.41, 5.74) is 0. The van der Waals surface area contributed by atoms with Crippen LogP contribution in [0.5, 0.6) is 0 Å². The SMILES string of the molecule is CC(C)Cn1c(CBr)nnc1C(F)(F)C(F)(F)F. The minimum atomic E-state index is -5.68. The second-order valence-electron chi connectivity index (χ2n) is 4.15. The average molecular weight is 336 g/mol. The Balaban J connectivity index is 3.28. The molecule has 18 heavy (non-hydrogen) atoms. The monoisotopic (exact) mass is 335 g/mol. The standard InChI is InChI=1S/C9H11BrF5N3/c1-5(2)4-18-6(3-10)16-17-7(18)8(11,12)9(13,14)15/h5H,3-4H2,1-2H3. The molecule has 1 aromatic rings. The molecular weight excluding hydrogens is 325 g/mol. The third-order valence-electron chi connectivity index (χ3n) is 2.13. The van der Waals surface area contributed by atoms with E-state index >= 15 is 0 Å². The lowest BCUT2D eigenvalue weighted by Crippen LogP contribution is -2.37. The fourth-order valence-electron chi connectivity index (χ4n) is 1.35. The minimum Gasteiger partial charge on any atom is -0.309 e. The second kappa shape index (κ2) is 5.10. The van der Waals surface area contributed by atoms with Crippen molar-refractivity contribution in [1.82, 2.24) is 14.8 Å². The second-order valence-corrected chi connectivity index (χ2v) is 4.71. The van der Waals surface area contributed by atoms with Crippen LogP contribution in [-0.2, 0) is 17.8 Å². The smallest absolute Gasteiger partial charge is 0.309 e. The normalized spacial score (nSPS) is 13.4. The predicted molar refractivity (Wildman–Crippen MR) is 57.4 cm³/mol. The van der Waals surface area contributed by atoms with Crippen molar-refractivity contribution >= 4 is 15.9 Å².